The van der Waals surface area contributed by atoms with Crippen LogP contribution in [-0.2, 0) is 14.3 Å². The van der Waals surface area contributed by atoms with Gasteiger partial charge in [0.05, 0.1) is 12.0 Å². The molecule has 0 bridgehead atoms. The van der Waals surface area contributed by atoms with Gasteiger partial charge in [-0.1, -0.05) is 6.58 Å². The first-order chi connectivity index (χ1) is 10.3. The fourth-order valence-corrected chi connectivity index (χ4v) is 1.38. The highest BCUT2D eigenvalue weighted by Crippen LogP contribution is 2.21. The Labute approximate surface area is 124 Å². The molecular formula is C14H12O8. The zero-order valence-corrected chi connectivity index (χ0v) is 11.3. The van der Waals surface area contributed by atoms with Gasteiger partial charge in [-0.15, -0.1) is 0 Å². The van der Waals surface area contributed by atoms with E-state index in [2.05, 4.69) is 11.3 Å². The predicted octanol–water partition coefficient (Wildman–Crippen LogP) is 1.11. The number of esters is 2. The van der Waals surface area contributed by atoms with E-state index in [4.69, 9.17) is 14.9 Å². The SMILES string of the molecule is C=CC(=O)OCCC(=O)Oc1cc(C(=O)O)ccc1C(=O)O. The third kappa shape index (κ3) is 4.75. The van der Waals surface area contributed by atoms with Crippen LogP contribution >= 0.6 is 0 Å². The maximum absolute atomic E-state index is 11.6. The van der Waals surface area contributed by atoms with Crippen molar-refractivity contribution in [1.82, 2.24) is 0 Å². The third-order valence-corrected chi connectivity index (χ3v) is 2.40. The monoisotopic (exact) mass is 308 g/mol. The van der Waals surface area contributed by atoms with Crippen LogP contribution in [0.15, 0.2) is 30.9 Å². The molecule has 0 aliphatic heterocycles. The second-order valence-corrected chi connectivity index (χ2v) is 3.92. The minimum atomic E-state index is -1.38. The lowest BCUT2D eigenvalue weighted by atomic mass is 10.1. The van der Waals surface area contributed by atoms with Crippen LogP contribution in [0.3, 0.4) is 0 Å². The summed E-state index contributed by atoms with van der Waals surface area (Å²) < 4.78 is 9.38. The van der Waals surface area contributed by atoms with Crippen molar-refractivity contribution in [3.8, 4) is 5.75 Å². The summed E-state index contributed by atoms with van der Waals surface area (Å²) in [6, 6.07) is 3.03. The fourth-order valence-electron chi connectivity index (χ4n) is 1.38. The Morgan fingerprint density at radius 1 is 1.14 bits per heavy atom. The molecule has 0 spiro atoms. The maximum atomic E-state index is 11.6. The van der Waals surface area contributed by atoms with Gasteiger partial charge < -0.3 is 19.7 Å². The number of ether oxygens (including phenoxy) is 2. The van der Waals surface area contributed by atoms with Gasteiger partial charge in [0, 0.05) is 6.08 Å². The Balaban J connectivity index is 2.81. The van der Waals surface area contributed by atoms with E-state index in [1.165, 1.54) is 0 Å². The molecule has 0 radical (unpaired) electrons. The maximum Gasteiger partial charge on any atom is 0.339 e. The molecule has 0 aliphatic carbocycles. The smallest absolute Gasteiger partial charge is 0.339 e. The first-order valence-electron chi connectivity index (χ1n) is 5.95. The van der Waals surface area contributed by atoms with Crippen molar-refractivity contribution in [1.29, 1.82) is 0 Å². The normalized spacial score (nSPS) is 9.64. The van der Waals surface area contributed by atoms with Crippen LogP contribution in [0.2, 0.25) is 0 Å². The van der Waals surface area contributed by atoms with Gasteiger partial charge in [-0.25, -0.2) is 14.4 Å². The molecular weight excluding hydrogens is 296 g/mol. The molecule has 0 saturated carbocycles. The number of carboxylic acid groups (broad SMARTS) is 2. The number of hydrogen-bond donors (Lipinski definition) is 2. The Hall–Kier alpha value is -3.16. The van der Waals surface area contributed by atoms with Gasteiger partial charge in [-0.05, 0) is 18.2 Å². The molecule has 2 N–H and O–H groups in total. The molecule has 8 nitrogen and oxygen atoms in total. The lowest BCUT2D eigenvalue weighted by molar-refractivity contribution is -0.141. The fraction of sp³-hybridized carbons (Fsp3) is 0.143. The average molecular weight is 308 g/mol. The molecule has 22 heavy (non-hydrogen) atoms. The number of carbonyl (C=O) groups is 4. The lowest BCUT2D eigenvalue weighted by Gasteiger charge is -2.08. The average Bonchev–Trinajstić information content (AvgIpc) is 2.46. The van der Waals surface area contributed by atoms with E-state index in [0.717, 1.165) is 24.3 Å². The minimum absolute atomic E-state index is 0.231. The Morgan fingerprint density at radius 2 is 1.82 bits per heavy atom. The summed E-state index contributed by atoms with van der Waals surface area (Å²) in [5, 5.41) is 17.8. The molecule has 0 atom stereocenters. The van der Waals surface area contributed by atoms with Crippen molar-refractivity contribution in [2.45, 2.75) is 6.42 Å². The summed E-state index contributed by atoms with van der Waals surface area (Å²) in [5.41, 5.74) is -0.590. The van der Waals surface area contributed by atoms with E-state index in [9.17, 15) is 19.2 Å². The van der Waals surface area contributed by atoms with E-state index in [1.54, 1.807) is 0 Å². The van der Waals surface area contributed by atoms with Crippen molar-refractivity contribution in [2.75, 3.05) is 6.61 Å². The highest BCUT2D eigenvalue weighted by Gasteiger charge is 2.17. The molecule has 1 rings (SSSR count). The zero-order chi connectivity index (χ0) is 16.7. The van der Waals surface area contributed by atoms with Crippen LogP contribution in [0.25, 0.3) is 0 Å². The highest BCUT2D eigenvalue weighted by atomic mass is 16.5. The topological polar surface area (TPSA) is 127 Å². The van der Waals surface area contributed by atoms with E-state index in [1.807, 2.05) is 0 Å². The van der Waals surface area contributed by atoms with Crippen molar-refractivity contribution in [3.05, 3.63) is 42.0 Å². The zero-order valence-electron chi connectivity index (χ0n) is 11.3. The summed E-state index contributed by atoms with van der Waals surface area (Å²) in [7, 11) is 0. The lowest BCUT2D eigenvalue weighted by Crippen LogP contribution is -2.15. The van der Waals surface area contributed by atoms with Gasteiger partial charge in [0.25, 0.3) is 0 Å². The molecule has 0 aliphatic rings. The number of rotatable bonds is 7. The first-order valence-corrected chi connectivity index (χ1v) is 5.95. The summed E-state index contributed by atoms with van der Waals surface area (Å²) in [6.45, 7) is 2.90. The first kappa shape index (κ1) is 16.9. The molecule has 0 heterocycles. The Morgan fingerprint density at radius 3 is 2.36 bits per heavy atom. The van der Waals surface area contributed by atoms with Gasteiger partial charge in [-0.3, -0.25) is 4.79 Å². The van der Waals surface area contributed by atoms with Crippen molar-refractivity contribution in [2.24, 2.45) is 0 Å². The third-order valence-electron chi connectivity index (χ3n) is 2.40. The van der Waals surface area contributed by atoms with Crippen LogP contribution in [-0.4, -0.2) is 40.7 Å². The number of carbonyl (C=O) groups excluding carboxylic acids is 2. The van der Waals surface area contributed by atoms with Crippen molar-refractivity contribution >= 4 is 23.9 Å². The van der Waals surface area contributed by atoms with Gasteiger partial charge in [0.15, 0.2) is 0 Å². The van der Waals surface area contributed by atoms with E-state index < -0.39 is 29.6 Å². The van der Waals surface area contributed by atoms with Crippen LogP contribution in [0.5, 0.6) is 5.75 Å². The largest absolute Gasteiger partial charge is 0.478 e. The second-order valence-electron chi connectivity index (χ2n) is 3.92. The van der Waals surface area contributed by atoms with Crippen molar-refractivity contribution in [3.63, 3.8) is 0 Å². The molecule has 0 amide bonds. The standard InChI is InChI=1S/C14H12O8/c1-2-11(15)21-6-5-12(16)22-10-7-8(13(17)18)3-4-9(10)14(19)20/h2-4,7H,1,5-6H2,(H,17,18)(H,19,20). The number of hydrogen-bond acceptors (Lipinski definition) is 6. The summed E-state index contributed by atoms with van der Waals surface area (Å²) in [4.78, 5) is 44.2. The molecule has 0 aromatic heterocycles. The summed E-state index contributed by atoms with van der Waals surface area (Å²) in [6.07, 6.45) is 0.597. The minimum Gasteiger partial charge on any atom is -0.478 e. The molecule has 8 heteroatoms. The molecule has 0 saturated heterocycles. The number of aromatic carboxylic acids is 2. The molecule has 1 aromatic rings. The molecule has 0 unspecified atom stereocenters. The van der Waals surface area contributed by atoms with Crippen LogP contribution in [0, 0.1) is 0 Å². The molecule has 1 aromatic carbocycles. The summed E-state index contributed by atoms with van der Waals surface area (Å²) >= 11 is 0. The van der Waals surface area contributed by atoms with E-state index in [0.29, 0.717) is 0 Å². The van der Waals surface area contributed by atoms with Crippen molar-refractivity contribution < 1.29 is 38.9 Å². The van der Waals surface area contributed by atoms with Crippen LogP contribution in [0.4, 0.5) is 0 Å². The van der Waals surface area contributed by atoms with E-state index >= 15 is 0 Å². The summed E-state index contributed by atoms with van der Waals surface area (Å²) in [5.74, 6) is -4.66. The predicted molar refractivity (Wildman–Crippen MR) is 71.8 cm³/mol. The van der Waals surface area contributed by atoms with Gasteiger partial charge >= 0.3 is 23.9 Å². The van der Waals surface area contributed by atoms with Crippen LogP contribution < -0.4 is 4.74 Å². The highest BCUT2D eigenvalue weighted by molar-refractivity contribution is 5.95. The quantitative estimate of drug-likeness (QED) is 0.435. The van der Waals surface area contributed by atoms with Gasteiger partial charge in [-0.2, -0.15) is 0 Å². The number of benzene rings is 1. The molecule has 116 valence electrons. The molecule has 0 fully saturated rings. The van der Waals surface area contributed by atoms with Gasteiger partial charge in [0.2, 0.25) is 0 Å². The second kappa shape index (κ2) is 7.58. The van der Waals surface area contributed by atoms with E-state index in [-0.39, 0.29) is 24.2 Å². The van der Waals surface area contributed by atoms with Gasteiger partial charge in [0.1, 0.15) is 17.9 Å². The van der Waals surface area contributed by atoms with Crippen LogP contribution in [0.1, 0.15) is 27.1 Å². The Bertz CT molecular complexity index is 632. The Kier molecular flexibility index (Phi) is 5.82. The number of carboxylic acids is 2.